The fourth-order valence-electron chi connectivity index (χ4n) is 2.34. The van der Waals surface area contributed by atoms with Crippen molar-refractivity contribution in [2.45, 2.75) is 23.4 Å². The molecule has 0 aliphatic rings. The van der Waals surface area contributed by atoms with Crippen molar-refractivity contribution in [3.63, 3.8) is 0 Å². The third-order valence-electron chi connectivity index (χ3n) is 3.64. The number of ether oxygens (including phenoxy) is 1. The van der Waals surface area contributed by atoms with Crippen molar-refractivity contribution < 1.29 is 9.53 Å². The zero-order valence-corrected chi connectivity index (χ0v) is 16.3. The number of carbonyl (C=O) groups excluding carboxylic acids is 1. The summed E-state index contributed by atoms with van der Waals surface area (Å²) in [4.78, 5) is 17.2. The molecule has 1 atom stereocenters. The summed E-state index contributed by atoms with van der Waals surface area (Å²) < 4.78 is 6.44. The average Bonchev–Trinajstić information content (AvgIpc) is 3.13. The molecule has 0 aliphatic carbocycles. The Labute approximate surface area is 161 Å². The number of para-hydroxylation sites is 2. The summed E-state index contributed by atoms with van der Waals surface area (Å²) in [6.45, 7) is 4.36. The summed E-state index contributed by atoms with van der Waals surface area (Å²) in [6, 6.07) is 17.5. The largest absolute Gasteiger partial charge is 0.492 e. The van der Waals surface area contributed by atoms with Gasteiger partial charge in [0.2, 0.25) is 5.91 Å². The molecule has 1 N–H and O–H groups in total. The maximum atomic E-state index is 12.5. The van der Waals surface area contributed by atoms with Crippen molar-refractivity contribution in [1.82, 2.24) is 4.98 Å². The molecule has 3 rings (SSSR count). The number of benzene rings is 2. The van der Waals surface area contributed by atoms with Crippen LogP contribution >= 0.6 is 23.1 Å². The fourth-order valence-corrected chi connectivity index (χ4v) is 4.31. The lowest BCUT2D eigenvalue weighted by molar-refractivity contribution is -0.115. The highest BCUT2D eigenvalue weighted by Gasteiger charge is 2.18. The summed E-state index contributed by atoms with van der Waals surface area (Å²) in [5.74, 6) is 0.611. The molecule has 0 fully saturated rings. The van der Waals surface area contributed by atoms with Crippen LogP contribution in [0.5, 0.6) is 5.75 Å². The maximum absolute atomic E-state index is 12.5. The van der Waals surface area contributed by atoms with Crippen LogP contribution in [-0.4, -0.2) is 22.7 Å². The van der Waals surface area contributed by atoms with Gasteiger partial charge < -0.3 is 10.1 Å². The minimum atomic E-state index is -0.264. The quantitative estimate of drug-likeness (QED) is 0.560. The Morgan fingerprint density at radius 2 is 1.92 bits per heavy atom. The van der Waals surface area contributed by atoms with Crippen molar-refractivity contribution in [1.29, 1.82) is 0 Å². The molecule has 1 heterocycles. The van der Waals surface area contributed by atoms with E-state index in [2.05, 4.69) is 10.3 Å². The van der Waals surface area contributed by atoms with Gasteiger partial charge in [0.15, 0.2) is 4.34 Å². The molecule has 6 heteroatoms. The van der Waals surface area contributed by atoms with Gasteiger partial charge in [-0.05, 0) is 26.0 Å². The van der Waals surface area contributed by atoms with Gasteiger partial charge in [0, 0.05) is 10.9 Å². The molecular weight excluding hydrogens is 364 g/mol. The highest BCUT2D eigenvalue weighted by atomic mass is 32.2. The van der Waals surface area contributed by atoms with Crippen LogP contribution in [0, 0.1) is 0 Å². The second-order valence-corrected chi connectivity index (χ2v) is 7.99. The smallest absolute Gasteiger partial charge is 0.237 e. The van der Waals surface area contributed by atoms with Gasteiger partial charge in [-0.25, -0.2) is 4.98 Å². The molecule has 1 aromatic heterocycles. The van der Waals surface area contributed by atoms with E-state index in [1.54, 1.807) is 11.3 Å². The van der Waals surface area contributed by atoms with Gasteiger partial charge in [-0.1, -0.05) is 54.2 Å². The van der Waals surface area contributed by atoms with Crippen LogP contribution < -0.4 is 10.1 Å². The van der Waals surface area contributed by atoms with E-state index in [9.17, 15) is 4.79 Å². The summed E-state index contributed by atoms with van der Waals surface area (Å²) in [6.07, 6.45) is 0. The van der Waals surface area contributed by atoms with E-state index >= 15 is 0 Å². The first kappa shape index (κ1) is 18.5. The summed E-state index contributed by atoms with van der Waals surface area (Å²) >= 11 is 3.02. The molecule has 0 radical (unpaired) electrons. The average molecular weight is 385 g/mol. The summed E-state index contributed by atoms with van der Waals surface area (Å²) in [5, 5.41) is 4.70. The molecule has 0 saturated heterocycles. The second kappa shape index (κ2) is 8.87. The van der Waals surface area contributed by atoms with Gasteiger partial charge in [0.25, 0.3) is 0 Å². The first-order valence-electron chi connectivity index (χ1n) is 8.37. The maximum Gasteiger partial charge on any atom is 0.237 e. The van der Waals surface area contributed by atoms with E-state index in [-0.39, 0.29) is 11.2 Å². The minimum Gasteiger partial charge on any atom is -0.492 e. The standard InChI is InChI=1S/C20H20N2O2S2/c1-3-24-18-12-8-7-11-16(18)21-19(23)14(2)26-20-22-17(13-25-20)15-9-5-4-6-10-15/h4-14H,3H2,1-2H3,(H,21,23)/t14-/m0/s1. The van der Waals surface area contributed by atoms with E-state index in [4.69, 9.17) is 4.74 Å². The highest BCUT2D eigenvalue weighted by Crippen LogP contribution is 2.32. The molecule has 0 spiro atoms. The lowest BCUT2D eigenvalue weighted by Gasteiger charge is -2.14. The van der Waals surface area contributed by atoms with Gasteiger partial charge in [-0.3, -0.25) is 4.79 Å². The molecular formula is C20H20N2O2S2. The van der Waals surface area contributed by atoms with Crippen LogP contribution in [0.1, 0.15) is 13.8 Å². The number of amides is 1. The molecule has 0 aliphatic heterocycles. The molecule has 1 amide bonds. The number of carbonyl (C=O) groups is 1. The Morgan fingerprint density at radius 1 is 1.19 bits per heavy atom. The number of thioether (sulfide) groups is 1. The molecule has 3 aromatic rings. The van der Waals surface area contributed by atoms with E-state index in [0.29, 0.717) is 18.0 Å². The van der Waals surface area contributed by atoms with Crippen molar-refractivity contribution >= 4 is 34.7 Å². The topological polar surface area (TPSA) is 51.2 Å². The molecule has 0 unspecified atom stereocenters. The van der Waals surface area contributed by atoms with Crippen molar-refractivity contribution in [2.75, 3.05) is 11.9 Å². The van der Waals surface area contributed by atoms with Crippen molar-refractivity contribution in [3.05, 3.63) is 60.0 Å². The second-order valence-electron chi connectivity index (χ2n) is 5.54. The molecule has 26 heavy (non-hydrogen) atoms. The Balaban J connectivity index is 1.64. The first-order valence-corrected chi connectivity index (χ1v) is 10.1. The molecule has 0 bridgehead atoms. The third-order valence-corrected chi connectivity index (χ3v) is 5.72. The third kappa shape index (κ3) is 4.65. The number of aromatic nitrogens is 1. The van der Waals surface area contributed by atoms with Crippen molar-refractivity contribution in [2.24, 2.45) is 0 Å². The van der Waals surface area contributed by atoms with E-state index in [0.717, 1.165) is 15.6 Å². The van der Waals surface area contributed by atoms with Crippen LogP contribution in [0.4, 0.5) is 5.69 Å². The first-order chi connectivity index (χ1) is 12.7. The minimum absolute atomic E-state index is 0.0707. The van der Waals surface area contributed by atoms with Crippen LogP contribution in [-0.2, 0) is 4.79 Å². The van der Waals surface area contributed by atoms with Gasteiger partial charge in [-0.15, -0.1) is 11.3 Å². The van der Waals surface area contributed by atoms with Gasteiger partial charge in [0.1, 0.15) is 5.75 Å². The Hall–Kier alpha value is -2.31. The van der Waals surface area contributed by atoms with Crippen molar-refractivity contribution in [3.8, 4) is 17.0 Å². The van der Waals surface area contributed by atoms with Gasteiger partial charge in [-0.2, -0.15) is 0 Å². The van der Waals surface area contributed by atoms with E-state index in [1.165, 1.54) is 11.8 Å². The van der Waals surface area contributed by atoms with Crippen LogP contribution in [0.15, 0.2) is 64.3 Å². The van der Waals surface area contributed by atoms with Crippen LogP contribution in [0.3, 0.4) is 0 Å². The van der Waals surface area contributed by atoms with E-state index < -0.39 is 0 Å². The number of hydrogen-bond donors (Lipinski definition) is 1. The number of anilines is 1. The van der Waals surface area contributed by atoms with Crippen LogP contribution in [0.25, 0.3) is 11.3 Å². The lowest BCUT2D eigenvalue weighted by Crippen LogP contribution is -2.22. The number of rotatable bonds is 7. The van der Waals surface area contributed by atoms with Gasteiger partial charge >= 0.3 is 0 Å². The zero-order valence-electron chi connectivity index (χ0n) is 14.6. The fraction of sp³-hybridized carbons (Fsp3) is 0.200. The SMILES string of the molecule is CCOc1ccccc1NC(=O)[C@H](C)Sc1nc(-c2ccccc2)cs1. The highest BCUT2D eigenvalue weighted by molar-refractivity contribution is 8.02. The summed E-state index contributed by atoms with van der Waals surface area (Å²) in [7, 11) is 0. The number of nitrogens with one attached hydrogen (secondary N) is 1. The number of thiazole rings is 1. The number of hydrogen-bond acceptors (Lipinski definition) is 5. The monoisotopic (exact) mass is 384 g/mol. The molecule has 134 valence electrons. The normalized spacial score (nSPS) is 11.8. The zero-order chi connectivity index (χ0) is 18.4. The lowest BCUT2D eigenvalue weighted by atomic mass is 10.2. The Morgan fingerprint density at radius 3 is 2.69 bits per heavy atom. The Bertz CT molecular complexity index is 865. The molecule has 2 aromatic carbocycles. The van der Waals surface area contributed by atoms with E-state index in [1.807, 2.05) is 73.8 Å². The molecule has 0 saturated carbocycles. The Kier molecular flexibility index (Phi) is 6.30. The molecule has 4 nitrogen and oxygen atoms in total. The van der Waals surface area contributed by atoms with Crippen LogP contribution in [0.2, 0.25) is 0 Å². The van der Waals surface area contributed by atoms with Gasteiger partial charge in [0.05, 0.1) is 23.2 Å². The number of nitrogens with zero attached hydrogens (tertiary/aromatic N) is 1. The predicted octanol–water partition coefficient (Wildman–Crippen LogP) is 5.33. The summed E-state index contributed by atoms with van der Waals surface area (Å²) in [5.41, 5.74) is 2.71. The predicted molar refractivity (Wildman–Crippen MR) is 109 cm³/mol.